The summed E-state index contributed by atoms with van der Waals surface area (Å²) in [7, 11) is 0. The molecule has 17 heavy (non-hydrogen) atoms. The number of benzene rings is 1. The van der Waals surface area contributed by atoms with Crippen LogP contribution in [0.3, 0.4) is 0 Å². The van der Waals surface area contributed by atoms with E-state index < -0.39 is 0 Å². The molecule has 2 N–H and O–H groups in total. The first kappa shape index (κ1) is 11.9. The van der Waals surface area contributed by atoms with Crippen LogP contribution >= 0.6 is 0 Å². The third-order valence-electron chi connectivity index (χ3n) is 2.99. The molecule has 1 aliphatic heterocycles. The fourth-order valence-electron chi connectivity index (χ4n) is 1.98. The van der Waals surface area contributed by atoms with Gasteiger partial charge in [-0.1, -0.05) is 17.7 Å². The molecule has 0 aromatic heterocycles. The van der Waals surface area contributed by atoms with Crippen molar-refractivity contribution in [2.75, 3.05) is 18.4 Å². The van der Waals surface area contributed by atoms with Gasteiger partial charge in [0.05, 0.1) is 6.10 Å². The third kappa shape index (κ3) is 3.20. The summed E-state index contributed by atoms with van der Waals surface area (Å²) in [6.45, 7) is 3.15. The topological polar surface area (TPSA) is 52.6 Å². The van der Waals surface area contributed by atoms with Crippen molar-refractivity contribution in [3.63, 3.8) is 0 Å². The number of β-amino-alcohol motifs (C(OH)–C–C–N with tert-alkyl or cyclic N) is 1. The summed E-state index contributed by atoms with van der Waals surface area (Å²) in [5.41, 5.74) is 1.96. The third-order valence-corrected chi connectivity index (χ3v) is 2.99. The highest BCUT2D eigenvalue weighted by Gasteiger charge is 2.21. The average molecular weight is 234 g/mol. The highest BCUT2D eigenvalue weighted by molar-refractivity contribution is 5.89. The zero-order valence-corrected chi connectivity index (χ0v) is 10.0. The number of carbonyl (C=O) groups excluding carboxylic acids is 1. The van der Waals surface area contributed by atoms with E-state index in [-0.39, 0.29) is 12.1 Å². The second kappa shape index (κ2) is 5.19. The number of aliphatic hydroxyl groups is 1. The fraction of sp³-hybridized carbons (Fsp3) is 0.462. The maximum Gasteiger partial charge on any atom is 0.321 e. The van der Waals surface area contributed by atoms with Crippen molar-refractivity contribution >= 4 is 11.7 Å². The molecule has 1 aliphatic rings. The predicted molar refractivity (Wildman–Crippen MR) is 67.0 cm³/mol. The minimum atomic E-state index is -0.382. The van der Waals surface area contributed by atoms with E-state index in [1.54, 1.807) is 4.90 Å². The summed E-state index contributed by atoms with van der Waals surface area (Å²) < 4.78 is 0. The molecule has 1 aromatic carbocycles. The molecule has 4 heteroatoms. The first-order valence-corrected chi connectivity index (χ1v) is 5.96. The summed E-state index contributed by atoms with van der Waals surface area (Å²) >= 11 is 0. The summed E-state index contributed by atoms with van der Waals surface area (Å²) in [4.78, 5) is 13.6. The van der Waals surface area contributed by atoms with Gasteiger partial charge in [-0.2, -0.15) is 0 Å². The van der Waals surface area contributed by atoms with E-state index in [1.807, 2.05) is 31.2 Å². The Morgan fingerprint density at radius 1 is 1.41 bits per heavy atom. The number of likely N-dealkylation sites (tertiary alicyclic amines) is 1. The lowest BCUT2D eigenvalue weighted by Gasteiger charge is -2.30. The van der Waals surface area contributed by atoms with E-state index in [1.165, 1.54) is 0 Å². The number of nitrogens with one attached hydrogen (secondary N) is 1. The van der Waals surface area contributed by atoms with Crippen LogP contribution in [0.15, 0.2) is 24.3 Å². The van der Waals surface area contributed by atoms with Gasteiger partial charge in [0.1, 0.15) is 0 Å². The van der Waals surface area contributed by atoms with Gasteiger partial charge in [0.15, 0.2) is 0 Å². The Bertz CT molecular complexity index is 389. The van der Waals surface area contributed by atoms with Crippen LogP contribution in [0.2, 0.25) is 0 Å². The molecule has 1 fully saturated rings. The molecular weight excluding hydrogens is 216 g/mol. The van der Waals surface area contributed by atoms with Gasteiger partial charge in [-0.3, -0.25) is 0 Å². The number of aryl methyl sites for hydroxylation is 1. The monoisotopic (exact) mass is 234 g/mol. The molecule has 2 rings (SSSR count). The number of aliphatic hydroxyl groups excluding tert-OH is 1. The number of anilines is 1. The van der Waals surface area contributed by atoms with Crippen molar-refractivity contribution in [3.8, 4) is 0 Å². The Kier molecular flexibility index (Phi) is 3.64. The number of hydrogen-bond acceptors (Lipinski definition) is 2. The van der Waals surface area contributed by atoms with Crippen LogP contribution in [0.5, 0.6) is 0 Å². The Labute approximate surface area is 101 Å². The maximum absolute atomic E-state index is 11.9. The number of amides is 2. The van der Waals surface area contributed by atoms with Gasteiger partial charge < -0.3 is 15.3 Å². The van der Waals surface area contributed by atoms with Crippen molar-refractivity contribution in [3.05, 3.63) is 29.8 Å². The van der Waals surface area contributed by atoms with E-state index in [2.05, 4.69) is 5.32 Å². The Morgan fingerprint density at radius 2 is 2.12 bits per heavy atom. The van der Waals surface area contributed by atoms with Gasteiger partial charge in [0.2, 0.25) is 0 Å². The Morgan fingerprint density at radius 3 is 2.76 bits per heavy atom. The lowest BCUT2D eigenvalue weighted by atomic mass is 10.1. The smallest absolute Gasteiger partial charge is 0.321 e. The second-order valence-corrected chi connectivity index (χ2v) is 4.54. The molecule has 0 radical (unpaired) electrons. The van der Waals surface area contributed by atoms with Crippen molar-refractivity contribution < 1.29 is 9.90 Å². The predicted octanol–water partition coefficient (Wildman–Crippen LogP) is 1.98. The Balaban J connectivity index is 1.94. The number of piperidine rings is 1. The zero-order chi connectivity index (χ0) is 12.3. The number of nitrogens with zero attached hydrogens (tertiary/aromatic N) is 1. The van der Waals surface area contributed by atoms with E-state index in [9.17, 15) is 9.90 Å². The molecule has 1 heterocycles. The summed E-state index contributed by atoms with van der Waals surface area (Å²) in [6, 6.07) is 7.55. The molecule has 0 saturated carbocycles. The van der Waals surface area contributed by atoms with Crippen LogP contribution in [0.1, 0.15) is 18.4 Å². The number of hydrogen-bond donors (Lipinski definition) is 2. The average Bonchev–Trinajstić information content (AvgIpc) is 2.32. The van der Waals surface area contributed by atoms with Crippen LogP contribution in [-0.2, 0) is 0 Å². The molecule has 0 bridgehead atoms. The van der Waals surface area contributed by atoms with Crippen molar-refractivity contribution in [1.29, 1.82) is 0 Å². The van der Waals surface area contributed by atoms with Gasteiger partial charge in [-0.25, -0.2) is 4.79 Å². The minimum absolute atomic E-state index is 0.132. The first-order valence-electron chi connectivity index (χ1n) is 5.96. The fourth-order valence-corrected chi connectivity index (χ4v) is 1.98. The molecule has 0 aliphatic carbocycles. The largest absolute Gasteiger partial charge is 0.391 e. The number of urea groups is 1. The number of carbonyl (C=O) groups is 1. The van der Waals surface area contributed by atoms with Crippen molar-refractivity contribution in [2.24, 2.45) is 0 Å². The van der Waals surface area contributed by atoms with Crippen molar-refractivity contribution in [1.82, 2.24) is 4.90 Å². The highest BCUT2D eigenvalue weighted by Crippen LogP contribution is 2.13. The standard InChI is InChI=1S/C13H18N2O2/c1-10-4-6-11(7-5-10)14-13(17)15-8-2-3-12(16)9-15/h4-7,12,16H,2-3,8-9H2,1H3,(H,14,17). The van der Waals surface area contributed by atoms with Gasteiger partial charge in [0, 0.05) is 18.8 Å². The van der Waals surface area contributed by atoms with Crippen LogP contribution in [-0.4, -0.2) is 35.2 Å². The normalized spacial score (nSPS) is 20.1. The first-order chi connectivity index (χ1) is 8.15. The lowest BCUT2D eigenvalue weighted by molar-refractivity contribution is 0.0883. The van der Waals surface area contributed by atoms with Crippen LogP contribution in [0.25, 0.3) is 0 Å². The van der Waals surface area contributed by atoms with Gasteiger partial charge >= 0.3 is 6.03 Å². The van der Waals surface area contributed by atoms with Gasteiger partial charge in [-0.05, 0) is 31.9 Å². The van der Waals surface area contributed by atoms with Crippen molar-refractivity contribution in [2.45, 2.75) is 25.9 Å². The maximum atomic E-state index is 11.9. The SMILES string of the molecule is Cc1ccc(NC(=O)N2CCCC(O)C2)cc1. The molecule has 2 amide bonds. The van der Waals surface area contributed by atoms with Crippen LogP contribution in [0, 0.1) is 6.92 Å². The molecule has 1 unspecified atom stereocenters. The lowest BCUT2D eigenvalue weighted by Crippen LogP contribution is -2.44. The summed E-state index contributed by atoms with van der Waals surface area (Å²) in [5.74, 6) is 0. The molecule has 1 aromatic rings. The molecule has 92 valence electrons. The highest BCUT2D eigenvalue weighted by atomic mass is 16.3. The zero-order valence-electron chi connectivity index (χ0n) is 10.0. The molecular formula is C13H18N2O2. The van der Waals surface area contributed by atoms with E-state index in [4.69, 9.17) is 0 Å². The second-order valence-electron chi connectivity index (χ2n) is 4.54. The summed E-state index contributed by atoms with van der Waals surface area (Å²) in [6.07, 6.45) is 1.27. The quantitative estimate of drug-likeness (QED) is 0.780. The van der Waals surface area contributed by atoms with E-state index >= 15 is 0 Å². The van der Waals surface area contributed by atoms with Gasteiger partial charge in [-0.15, -0.1) is 0 Å². The van der Waals surface area contributed by atoms with Crippen LogP contribution < -0.4 is 5.32 Å². The van der Waals surface area contributed by atoms with E-state index in [0.29, 0.717) is 6.54 Å². The Hall–Kier alpha value is -1.55. The molecule has 0 spiro atoms. The molecule has 4 nitrogen and oxygen atoms in total. The summed E-state index contributed by atoms with van der Waals surface area (Å²) in [5, 5.41) is 12.3. The molecule has 1 atom stereocenters. The number of rotatable bonds is 1. The van der Waals surface area contributed by atoms with Gasteiger partial charge in [0.25, 0.3) is 0 Å². The van der Waals surface area contributed by atoms with E-state index in [0.717, 1.165) is 30.6 Å². The minimum Gasteiger partial charge on any atom is -0.391 e. The molecule has 1 saturated heterocycles. The van der Waals surface area contributed by atoms with Crippen LogP contribution in [0.4, 0.5) is 10.5 Å².